The number of rotatable bonds is 5. The lowest BCUT2D eigenvalue weighted by molar-refractivity contribution is 0.736. The molecule has 2 rings (SSSR count). The summed E-state index contributed by atoms with van der Waals surface area (Å²) in [6, 6.07) is 15.4. The molecule has 0 bridgehead atoms. The Bertz CT molecular complexity index is 602. The zero-order valence-electron chi connectivity index (χ0n) is 13.6. The highest BCUT2D eigenvalue weighted by Gasteiger charge is 2.14. The number of benzene rings is 2. The third-order valence-electron chi connectivity index (χ3n) is 3.79. The summed E-state index contributed by atoms with van der Waals surface area (Å²) in [5.74, 6) is 0. The fourth-order valence-electron chi connectivity index (χ4n) is 2.82. The van der Waals surface area contributed by atoms with Crippen molar-refractivity contribution in [3.8, 4) is 0 Å². The predicted octanol–water partition coefficient (Wildman–Crippen LogP) is 4.35. The first kappa shape index (κ1) is 15.6. The summed E-state index contributed by atoms with van der Waals surface area (Å²) >= 11 is 0. The molecule has 0 amide bonds. The maximum Gasteiger partial charge on any atom is 0.0444 e. The van der Waals surface area contributed by atoms with Gasteiger partial charge in [-0.2, -0.15) is 0 Å². The Kier molecular flexibility index (Phi) is 5.03. The van der Waals surface area contributed by atoms with Crippen LogP contribution in [0.25, 0.3) is 0 Å². The fraction of sp³-hybridized carbons (Fsp3) is 0.368. The average Bonchev–Trinajstić information content (AvgIpc) is 2.43. The summed E-state index contributed by atoms with van der Waals surface area (Å²) in [5.41, 5.74) is 12.5. The van der Waals surface area contributed by atoms with Crippen LogP contribution < -0.4 is 10.6 Å². The lowest BCUT2D eigenvalue weighted by atomic mass is 10.0. The van der Waals surface area contributed by atoms with Gasteiger partial charge in [-0.1, -0.05) is 35.9 Å². The zero-order chi connectivity index (χ0) is 15.4. The highest BCUT2D eigenvalue weighted by molar-refractivity contribution is 5.69. The minimum absolute atomic E-state index is 0.168. The van der Waals surface area contributed by atoms with E-state index < -0.39 is 0 Å². The van der Waals surface area contributed by atoms with E-state index in [-0.39, 0.29) is 6.04 Å². The first-order chi connectivity index (χ1) is 10.0. The molecule has 0 spiro atoms. The Morgan fingerprint density at radius 1 is 1.05 bits per heavy atom. The molecular formula is C19H26N2. The van der Waals surface area contributed by atoms with Crippen molar-refractivity contribution in [3.05, 3.63) is 59.2 Å². The van der Waals surface area contributed by atoms with Gasteiger partial charge in [0.1, 0.15) is 0 Å². The van der Waals surface area contributed by atoms with Crippen molar-refractivity contribution in [2.45, 2.75) is 40.2 Å². The number of nitrogens with two attached hydrogens (primary N) is 1. The first-order valence-electron chi connectivity index (χ1n) is 7.71. The van der Waals surface area contributed by atoms with E-state index in [0.717, 1.165) is 13.0 Å². The molecule has 0 aliphatic rings. The van der Waals surface area contributed by atoms with E-state index in [1.54, 1.807) is 0 Å². The van der Waals surface area contributed by atoms with Crippen LogP contribution in [0.1, 0.15) is 30.5 Å². The van der Waals surface area contributed by atoms with Crippen molar-refractivity contribution in [3.63, 3.8) is 0 Å². The summed E-state index contributed by atoms with van der Waals surface area (Å²) in [7, 11) is 0. The molecule has 0 aliphatic heterocycles. The number of para-hydroxylation sites is 1. The van der Waals surface area contributed by atoms with Gasteiger partial charge < -0.3 is 10.6 Å². The monoisotopic (exact) mass is 282 g/mol. The highest BCUT2D eigenvalue weighted by Crippen LogP contribution is 2.31. The molecule has 0 radical (unpaired) electrons. The maximum absolute atomic E-state index is 6.04. The van der Waals surface area contributed by atoms with Gasteiger partial charge in [0.2, 0.25) is 0 Å². The molecule has 2 heteroatoms. The third kappa shape index (κ3) is 3.64. The molecule has 0 aliphatic carbocycles. The molecule has 0 aromatic heterocycles. The van der Waals surface area contributed by atoms with Gasteiger partial charge in [0.05, 0.1) is 0 Å². The second-order valence-electron chi connectivity index (χ2n) is 5.84. The molecule has 1 unspecified atom stereocenters. The van der Waals surface area contributed by atoms with E-state index in [4.69, 9.17) is 5.73 Å². The van der Waals surface area contributed by atoms with Gasteiger partial charge in [-0.15, -0.1) is 0 Å². The number of hydrogen-bond acceptors (Lipinski definition) is 2. The van der Waals surface area contributed by atoms with E-state index in [1.165, 1.54) is 28.1 Å². The van der Waals surface area contributed by atoms with Crippen LogP contribution in [-0.2, 0) is 6.42 Å². The minimum Gasteiger partial charge on any atom is -0.341 e. The topological polar surface area (TPSA) is 29.3 Å². The fourth-order valence-corrected chi connectivity index (χ4v) is 2.82. The molecule has 0 heterocycles. The van der Waals surface area contributed by atoms with Gasteiger partial charge in [-0.3, -0.25) is 0 Å². The van der Waals surface area contributed by atoms with Gasteiger partial charge in [0.15, 0.2) is 0 Å². The van der Waals surface area contributed by atoms with Gasteiger partial charge in [-0.05, 0) is 57.4 Å². The number of hydrogen-bond donors (Lipinski definition) is 1. The van der Waals surface area contributed by atoms with Gasteiger partial charge in [0.25, 0.3) is 0 Å². The van der Waals surface area contributed by atoms with Crippen LogP contribution in [-0.4, -0.2) is 12.6 Å². The van der Waals surface area contributed by atoms with Crippen LogP contribution in [0.2, 0.25) is 0 Å². The van der Waals surface area contributed by atoms with E-state index in [0.29, 0.717) is 0 Å². The molecule has 0 fully saturated rings. The molecule has 2 N–H and O–H groups in total. The molecule has 2 nitrogen and oxygen atoms in total. The molecule has 0 saturated carbocycles. The van der Waals surface area contributed by atoms with Gasteiger partial charge in [0, 0.05) is 24.0 Å². The molecule has 21 heavy (non-hydrogen) atoms. The second-order valence-corrected chi connectivity index (χ2v) is 5.84. The quantitative estimate of drug-likeness (QED) is 0.883. The Balaban J connectivity index is 2.50. The summed E-state index contributed by atoms with van der Waals surface area (Å²) in [5, 5.41) is 0. The number of anilines is 2. The molecule has 1 atom stereocenters. The summed E-state index contributed by atoms with van der Waals surface area (Å²) < 4.78 is 0. The zero-order valence-corrected chi connectivity index (χ0v) is 13.6. The Morgan fingerprint density at radius 3 is 2.38 bits per heavy atom. The summed E-state index contributed by atoms with van der Waals surface area (Å²) in [6.07, 6.45) is 0.902. The summed E-state index contributed by atoms with van der Waals surface area (Å²) in [4.78, 5) is 2.38. The highest BCUT2D eigenvalue weighted by atomic mass is 15.1. The van der Waals surface area contributed by atoms with Crippen LogP contribution >= 0.6 is 0 Å². The van der Waals surface area contributed by atoms with E-state index >= 15 is 0 Å². The third-order valence-corrected chi connectivity index (χ3v) is 3.79. The largest absolute Gasteiger partial charge is 0.341 e. The predicted molar refractivity (Wildman–Crippen MR) is 92.4 cm³/mol. The van der Waals surface area contributed by atoms with Crippen molar-refractivity contribution in [1.29, 1.82) is 0 Å². The Labute approximate surface area is 128 Å². The van der Waals surface area contributed by atoms with Gasteiger partial charge >= 0.3 is 0 Å². The van der Waals surface area contributed by atoms with E-state index in [1.807, 2.05) is 0 Å². The van der Waals surface area contributed by atoms with Crippen LogP contribution in [0.15, 0.2) is 42.5 Å². The molecule has 2 aromatic rings. The molecule has 0 saturated heterocycles. The normalized spacial score (nSPS) is 12.2. The van der Waals surface area contributed by atoms with Crippen molar-refractivity contribution in [2.75, 3.05) is 11.4 Å². The molecule has 2 aromatic carbocycles. The Hall–Kier alpha value is -1.80. The van der Waals surface area contributed by atoms with Crippen LogP contribution in [0.4, 0.5) is 11.4 Å². The van der Waals surface area contributed by atoms with Crippen molar-refractivity contribution < 1.29 is 0 Å². The maximum atomic E-state index is 6.04. The van der Waals surface area contributed by atoms with Crippen molar-refractivity contribution >= 4 is 11.4 Å². The average molecular weight is 282 g/mol. The number of aryl methyl sites for hydroxylation is 2. The van der Waals surface area contributed by atoms with Crippen molar-refractivity contribution in [1.82, 2.24) is 0 Å². The second kappa shape index (κ2) is 6.77. The lowest BCUT2D eigenvalue weighted by Gasteiger charge is -2.28. The number of nitrogens with zero attached hydrogens (tertiary/aromatic N) is 1. The first-order valence-corrected chi connectivity index (χ1v) is 7.71. The van der Waals surface area contributed by atoms with E-state index in [9.17, 15) is 0 Å². The summed E-state index contributed by atoms with van der Waals surface area (Å²) in [6.45, 7) is 9.51. The molecular weight excluding hydrogens is 256 g/mol. The van der Waals surface area contributed by atoms with Crippen molar-refractivity contribution in [2.24, 2.45) is 5.73 Å². The van der Waals surface area contributed by atoms with Crippen LogP contribution in [0.3, 0.4) is 0 Å². The van der Waals surface area contributed by atoms with Crippen LogP contribution in [0, 0.1) is 13.8 Å². The van der Waals surface area contributed by atoms with Crippen LogP contribution in [0.5, 0.6) is 0 Å². The Morgan fingerprint density at radius 2 is 1.76 bits per heavy atom. The molecule has 112 valence electrons. The van der Waals surface area contributed by atoms with Gasteiger partial charge in [-0.25, -0.2) is 0 Å². The SMILES string of the molecule is CCN(c1ccccc1C)c1ccc(C)cc1CC(C)N. The lowest BCUT2D eigenvalue weighted by Crippen LogP contribution is -2.23. The smallest absolute Gasteiger partial charge is 0.0444 e. The van der Waals surface area contributed by atoms with E-state index in [2.05, 4.69) is 75.1 Å². The minimum atomic E-state index is 0.168. The standard InChI is InChI=1S/C19H26N2/c1-5-21(18-9-7-6-8-15(18)3)19-11-10-14(2)12-17(19)13-16(4)20/h6-12,16H,5,13,20H2,1-4H3.